The largest absolute Gasteiger partial charge is 0.339 e. The van der Waals surface area contributed by atoms with Crippen molar-refractivity contribution >= 4 is 29.1 Å². The molecule has 22 heavy (non-hydrogen) atoms. The maximum absolute atomic E-state index is 12.8. The maximum atomic E-state index is 12.8. The molecular weight excluding hydrogens is 317 g/mol. The summed E-state index contributed by atoms with van der Waals surface area (Å²) < 4.78 is 0. The molecule has 1 aromatic rings. The van der Waals surface area contributed by atoms with Gasteiger partial charge in [-0.25, -0.2) is 0 Å². The highest BCUT2D eigenvalue weighted by molar-refractivity contribution is 6.35. The Hall–Kier alpha value is -0.730. The van der Waals surface area contributed by atoms with E-state index >= 15 is 0 Å². The molecule has 1 aliphatic heterocycles. The molecule has 0 radical (unpaired) electrons. The zero-order valence-electron chi connectivity index (χ0n) is 12.9. The molecule has 1 amide bonds. The van der Waals surface area contributed by atoms with Crippen molar-refractivity contribution in [2.75, 3.05) is 6.54 Å². The molecule has 1 heterocycles. The third-order valence-corrected chi connectivity index (χ3v) is 5.68. The summed E-state index contributed by atoms with van der Waals surface area (Å²) in [7, 11) is 0. The molecule has 120 valence electrons. The van der Waals surface area contributed by atoms with Gasteiger partial charge < -0.3 is 4.90 Å². The van der Waals surface area contributed by atoms with Crippen molar-refractivity contribution in [2.24, 2.45) is 5.92 Å². The van der Waals surface area contributed by atoms with Crippen LogP contribution in [0.2, 0.25) is 10.0 Å². The second-order valence-corrected chi connectivity index (χ2v) is 7.45. The quantitative estimate of drug-likeness (QED) is 0.701. The number of carbonyl (C=O) groups is 1. The molecule has 0 aromatic heterocycles. The number of amides is 1. The third-order valence-electron chi connectivity index (χ3n) is 5.10. The Morgan fingerprint density at radius 1 is 1.05 bits per heavy atom. The van der Waals surface area contributed by atoms with Crippen LogP contribution < -0.4 is 0 Å². The fraction of sp³-hybridized carbons (Fsp3) is 0.611. The van der Waals surface area contributed by atoms with Gasteiger partial charge in [-0.05, 0) is 43.4 Å². The standard InChI is InChI=1S/C18H23Cl2NO/c19-15-8-7-13(17(20)12-15)11-14-9-10-21(18(14)22)16-5-3-1-2-4-6-16/h7-8,12,14,16H,1-6,9-11H2. The minimum atomic E-state index is 0.0851. The maximum Gasteiger partial charge on any atom is 0.226 e. The van der Waals surface area contributed by atoms with E-state index in [4.69, 9.17) is 23.2 Å². The van der Waals surface area contributed by atoms with E-state index in [2.05, 4.69) is 4.90 Å². The number of benzene rings is 1. The van der Waals surface area contributed by atoms with Gasteiger partial charge in [0.2, 0.25) is 5.91 Å². The molecule has 3 rings (SSSR count). The van der Waals surface area contributed by atoms with Crippen LogP contribution in [-0.2, 0) is 11.2 Å². The van der Waals surface area contributed by atoms with Gasteiger partial charge >= 0.3 is 0 Å². The highest BCUT2D eigenvalue weighted by Gasteiger charge is 2.35. The highest BCUT2D eigenvalue weighted by Crippen LogP contribution is 2.31. The molecule has 2 nitrogen and oxygen atoms in total. The van der Waals surface area contributed by atoms with Crippen molar-refractivity contribution in [3.8, 4) is 0 Å². The molecule has 1 saturated heterocycles. The van der Waals surface area contributed by atoms with Crippen LogP contribution in [0.25, 0.3) is 0 Å². The third kappa shape index (κ3) is 3.60. The topological polar surface area (TPSA) is 20.3 Å². The lowest BCUT2D eigenvalue weighted by Gasteiger charge is -2.27. The van der Waals surface area contributed by atoms with E-state index in [0.29, 0.717) is 22.0 Å². The van der Waals surface area contributed by atoms with E-state index in [1.807, 2.05) is 12.1 Å². The summed E-state index contributed by atoms with van der Waals surface area (Å²) in [5, 5.41) is 1.32. The Morgan fingerprint density at radius 3 is 2.45 bits per heavy atom. The average molecular weight is 340 g/mol. The van der Waals surface area contributed by atoms with Crippen LogP contribution >= 0.6 is 23.2 Å². The average Bonchev–Trinajstić information content (AvgIpc) is 2.71. The molecule has 1 unspecified atom stereocenters. The van der Waals surface area contributed by atoms with Crippen LogP contribution in [0.3, 0.4) is 0 Å². The molecule has 1 aliphatic carbocycles. The molecule has 1 atom stereocenters. The number of likely N-dealkylation sites (tertiary alicyclic amines) is 1. The second kappa shape index (κ2) is 7.23. The SMILES string of the molecule is O=C1C(Cc2ccc(Cl)cc2Cl)CCN1C1CCCCCC1. The van der Waals surface area contributed by atoms with Gasteiger partial charge in [0.25, 0.3) is 0 Å². The summed E-state index contributed by atoms with van der Waals surface area (Å²) >= 11 is 12.2. The van der Waals surface area contributed by atoms with Crippen LogP contribution in [0.5, 0.6) is 0 Å². The summed E-state index contributed by atoms with van der Waals surface area (Å²) in [6, 6.07) is 6.04. The lowest BCUT2D eigenvalue weighted by Crippen LogP contribution is -2.37. The van der Waals surface area contributed by atoms with Crippen molar-refractivity contribution < 1.29 is 4.79 Å². The van der Waals surface area contributed by atoms with Gasteiger partial charge in [-0.1, -0.05) is 55.0 Å². The van der Waals surface area contributed by atoms with Gasteiger partial charge in [-0.3, -0.25) is 4.79 Å². The Labute approximate surface area is 142 Å². The lowest BCUT2D eigenvalue weighted by atomic mass is 9.98. The van der Waals surface area contributed by atoms with Gasteiger partial charge in [-0.15, -0.1) is 0 Å². The fourth-order valence-electron chi connectivity index (χ4n) is 3.84. The molecule has 1 aromatic carbocycles. The highest BCUT2D eigenvalue weighted by atomic mass is 35.5. The summed E-state index contributed by atoms with van der Waals surface area (Å²) in [5.41, 5.74) is 1.03. The summed E-state index contributed by atoms with van der Waals surface area (Å²) in [6.45, 7) is 0.916. The Morgan fingerprint density at radius 2 is 1.77 bits per heavy atom. The minimum absolute atomic E-state index is 0.0851. The molecule has 2 aliphatic rings. The normalized spacial score (nSPS) is 23.8. The predicted octanol–water partition coefficient (Wildman–Crippen LogP) is 5.11. The first-order valence-corrected chi connectivity index (χ1v) is 9.15. The van der Waals surface area contributed by atoms with E-state index in [1.54, 1.807) is 6.07 Å². The van der Waals surface area contributed by atoms with Gasteiger partial charge in [0.15, 0.2) is 0 Å². The van der Waals surface area contributed by atoms with E-state index in [-0.39, 0.29) is 5.92 Å². The molecule has 0 bridgehead atoms. The molecule has 1 saturated carbocycles. The Bertz CT molecular complexity index is 538. The molecule has 2 fully saturated rings. The summed E-state index contributed by atoms with van der Waals surface area (Å²) in [5.74, 6) is 0.417. The van der Waals surface area contributed by atoms with Crippen molar-refractivity contribution in [3.05, 3.63) is 33.8 Å². The first-order chi connectivity index (χ1) is 10.6. The smallest absolute Gasteiger partial charge is 0.226 e. The first kappa shape index (κ1) is 16.1. The second-order valence-electron chi connectivity index (χ2n) is 6.60. The fourth-order valence-corrected chi connectivity index (χ4v) is 4.32. The van der Waals surface area contributed by atoms with Crippen molar-refractivity contribution in [1.82, 2.24) is 4.90 Å². The Balaban J connectivity index is 1.65. The number of nitrogens with zero attached hydrogens (tertiary/aromatic N) is 1. The Kier molecular flexibility index (Phi) is 5.30. The van der Waals surface area contributed by atoms with Crippen LogP contribution in [-0.4, -0.2) is 23.4 Å². The van der Waals surface area contributed by atoms with Gasteiger partial charge in [0, 0.05) is 28.5 Å². The van der Waals surface area contributed by atoms with Gasteiger partial charge in [-0.2, -0.15) is 0 Å². The van der Waals surface area contributed by atoms with E-state index in [9.17, 15) is 4.79 Å². The van der Waals surface area contributed by atoms with Crippen LogP contribution in [0.15, 0.2) is 18.2 Å². The minimum Gasteiger partial charge on any atom is -0.339 e. The van der Waals surface area contributed by atoms with Crippen LogP contribution in [0.4, 0.5) is 0 Å². The number of hydrogen-bond acceptors (Lipinski definition) is 1. The van der Waals surface area contributed by atoms with Crippen molar-refractivity contribution in [3.63, 3.8) is 0 Å². The molecule has 4 heteroatoms. The van der Waals surface area contributed by atoms with Crippen molar-refractivity contribution in [2.45, 2.75) is 57.4 Å². The van der Waals surface area contributed by atoms with Gasteiger partial charge in [0.1, 0.15) is 0 Å². The summed E-state index contributed by atoms with van der Waals surface area (Å²) in [6.07, 6.45) is 9.22. The van der Waals surface area contributed by atoms with Gasteiger partial charge in [0.05, 0.1) is 0 Å². The van der Waals surface area contributed by atoms with E-state index in [0.717, 1.165) is 24.9 Å². The molecule has 0 spiro atoms. The van der Waals surface area contributed by atoms with Crippen molar-refractivity contribution in [1.29, 1.82) is 0 Å². The van der Waals surface area contributed by atoms with E-state index < -0.39 is 0 Å². The first-order valence-electron chi connectivity index (χ1n) is 8.39. The molecule has 0 N–H and O–H groups in total. The predicted molar refractivity (Wildman–Crippen MR) is 91.5 cm³/mol. The zero-order valence-corrected chi connectivity index (χ0v) is 14.4. The van der Waals surface area contributed by atoms with Crippen LogP contribution in [0, 0.1) is 5.92 Å². The van der Waals surface area contributed by atoms with E-state index in [1.165, 1.54) is 38.5 Å². The number of halogens is 2. The summed E-state index contributed by atoms with van der Waals surface area (Å²) in [4.78, 5) is 14.9. The number of rotatable bonds is 3. The number of carbonyl (C=O) groups excluding carboxylic acids is 1. The van der Waals surface area contributed by atoms with Crippen LogP contribution in [0.1, 0.15) is 50.5 Å². The monoisotopic (exact) mass is 339 g/mol. The molecular formula is C18H23Cl2NO. The lowest BCUT2D eigenvalue weighted by molar-refractivity contribution is -0.133. The number of hydrogen-bond donors (Lipinski definition) is 0. The zero-order chi connectivity index (χ0) is 15.5.